The van der Waals surface area contributed by atoms with Crippen LogP contribution >= 0.6 is 0 Å². The average Bonchev–Trinajstić information content (AvgIpc) is 3.29. The molecule has 0 spiro atoms. The van der Waals surface area contributed by atoms with E-state index in [0.717, 1.165) is 89.6 Å². The summed E-state index contributed by atoms with van der Waals surface area (Å²) in [4.78, 5) is 0. The highest BCUT2D eigenvalue weighted by atomic mass is 28.4. The van der Waals surface area contributed by atoms with Gasteiger partial charge in [0.2, 0.25) is 0 Å². The molecule has 1 aromatic rings. The lowest BCUT2D eigenvalue weighted by Gasteiger charge is -2.41. The molecule has 4 rings (SSSR count). The molecule has 2 aliphatic heterocycles. The number of para-hydroxylation sites is 1. The van der Waals surface area contributed by atoms with Gasteiger partial charge in [-0.2, -0.15) is 0 Å². The maximum atomic E-state index is 7.18. The second kappa shape index (κ2) is 16.1. The lowest BCUT2D eigenvalue weighted by atomic mass is 9.83. The Morgan fingerprint density at radius 1 is 0.976 bits per heavy atom. The SMILES string of the molecule is C#CCC[C@H]1[C@H](C(CCCOc2ccccc2)OC2CCCCO2)[C@@H](OC2CCCCO2)C[C@H]1O[Si](C)(C)C(C)(C)C. The first-order valence-corrected chi connectivity index (χ1v) is 19.4. The zero-order chi connectivity index (χ0) is 30.0. The lowest BCUT2D eigenvalue weighted by molar-refractivity contribution is -0.232. The van der Waals surface area contributed by atoms with Gasteiger partial charge in [-0.3, -0.25) is 0 Å². The molecule has 0 aromatic heterocycles. The van der Waals surface area contributed by atoms with E-state index in [1.807, 2.05) is 30.3 Å². The van der Waals surface area contributed by atoms with Gasteiger partial charge in [-0.15, -0.1) is 12.3 Å². The van der Waals surface area contributed by atoms with Gasteiger partial charge >= 0.3 is 0 Å². The van der Waals surface area contributed by atoms with Gasteiger partial charge in [0, 0.05) is 25.6 Å². The Kier molecular flexibility index (Phi) is 12.8. The van der Waals surface area contributed by atoms with E-state index in [1.54, 1.807) is 0 Å². The van der Waals surface area contributed by atoms with Crippen molar-refractivity contribution in [3.63, 3.8) is 0 Å². The summed E-state index contributed by atoms with van der Waals surface area (Å²) < 4.78 is 39.3. The van der Waals surface area contributed by atoms with Crippen molar-refractivity contribution >= 4 is 8.32 Å². The number of rotatable bonds is 14. The second-order valence-electron chi connectivity index (χ2n) is 13.9. The fourth-order valence-corrected chi connectivity index (χ4v) is 7.82. The van der Waals surface area contributed by atoms with Crippen molar-refractivity contribution in [2.75, 3.05) is 19.8 Å². The summed E-state index contributed by atoms with van der Waals surface area (Å²) in [6.45, 7) is 13.8. The molecular weight excluding hydrogens is 544 g/mol. The fourth-order valence-electron chi connectivity index (χ4n) is 6.43. The highest BCUT2D eigenvalue weighted by molar-refractivity contribution is 6.74. The van der Waals surface area contributed by atoms with Crippen molar-refractivity contribution < 1.29 is 28.1 Å². The van der Waals surface area contributed by atoms with Crippen LogP contribution < -0.4 is 4.74 Å². The summed E-state index contributed by atoms with van der Waals surface area (Å²) in [7, 11) is -2.03. The Morgan fingerprint density at radius 3 is 2.29 bits per heavy atom. The third-order valence-electron chi connectivity index (χ3n) is 9.74. The first-order chi connectivity index (χ1) is 20.2. The molecule has 3 aliphatic rings. The van der Waals surface area contributed by atoms with Crippen LogP contribution in [0, 0.1) is 24.2 Å². The molecule has 3 fully saturated rings. The smallest absolute Gasteiger partial charge is 0.192 e. The van der Waals surface area contributed by atoms with Crippen LogP contribution in [0.1, 0.15) is 91.4 Å². The Bertz CT molecular complexity index is 944. The third-order valence-corrected chi connectivity index (χ3v) is 14.2. The van der Waals surface area contributed by atoms with Crippen LogP contribution in [-0.4, -0.2) is 59.0 Å². The Morgan fingerprint density at radius 2 is 1.67 bits per heavy atom. The summed E-state index contributed by atoms with van der Waals surface area (Å²) in [5.41, 5.74) is 0. The highest BCUT2D eigenvalue weighted by Crippen LogP contribution is 2.48. The van der Waals surface area contributed by atoms with E-state index in [2.05, 4.69) is 39.8 Å². The fraction of sp³-hybridized carbons (Fsp3) is 0.771. The number of hydrogen-bond donors (Lipinski definition) is 0. The molecule has 0 N–H and O–H groups in total. The normalized spacial score (nSPS) is 29.6. The largest absolute Gasteiger partial charge is 0.494 e. The van der Waals surface area contributed by atoms with Crippen LogP contribution in [0.2, 0.25) is 18.1 Å². The minimum atomic E-state index is -2.03. The molecule has 3 unspecified atom stereocenters. The van der Waals surface area contributed by atoms with Gasteiger partial charge in [-0.25, -0.2) is 0 Å². The van der Waals surface area contributed by atoms with Crippen LogP contribution in [0.5, 0.6) is 5.75 Å². The van der Waals surface area contributed by atoms with Crippen LogP contribution in [0.25, 0.3) is 0 Å². The van der Waals surface area contributed by atoms with E-state index >= 15 is 0 Å². The molecule has 0 radical (unpaired) electrons. The molecule has 7 atom stereocenters. The molecule has 236 valence electrons. The number of benzene rings is 1. The molecule has 1 saturated carbocycles. The van der Waals surface area contributed by atoms with Crippen LogP contribution in [0.15, 0.2) is 30.3 Å². The summed E-state index contributed by atoms with van der Waals surface area (Å²) in [6.07, 6.45) is 16.1. The zero-order valence-corrected chi connectivity index (χ0v) is 27.9. The van der Waals surface area contributed by atoms with Crippen molar-refractivity contribution in [2.45, 2.75) is 140 Å². The topological polar surface area (TPSA) is 55.4 Å². The zero-order valence-electron chi connectivity index (χ0n) is 26.9. The molecule has 0 amide bonds. The summed E-state index contributed by atoms with van der Waals surface area (Å²) >= 11 is 0. The Balaban J connectivity index is 1.58. The van der Waals surface area contributed by atoms with E-state index in [-0.39, 0.29) is 47.8 Å². The van der Waals surface area contributed by atoms with Crippen LogP contribution in [0.4, 0.5) is 0 Å². The van der Waals surface area contributed by atoms with Gasteiger partial charge in [-0.1, -0.05) is 39.0 Å². The first kappa shape index (κ1) is 33.5. The maximum Gasteiger partial charge on any atom is 0.192 e. The molecular formula is C35H56O6Si. The van der Waals surface area contributed by atoms with E-state index < -0.39 is 8.32 Å². The molecule has 0 bridgehead atoms. The average molecular weight is 601 g/mol. The molecule has 1 aliphatic carbocycles. The number of hydrogen-bond acceptors (Lipinski definition) is 6. The van der Waals surface area contributed by atoms with Crippen molar-refractivity contribution in [2.24, 2.45) is 11.8 Å². The van der Waals surface area contributed by atoms with E-state index in [1.165, 1.54) is 0 Å². The monoisotopic (exact) mass is 600 g/mol. The van der Waals surface area contributed by atoms with Crippen LogP contribution in [-0.2, 0) is 23.4 Å². The molecule has 6 nitrogen and oxygen atoms in total. The van der Waals surface area contributed by atoms with Gasteiger partial charge in [0.05, 0.1) is 24.9 Å². The van der Waals surface area contributed by atoms with Gasteiger partial charge in [0.1, 0.15) is 5.75 Å². The third kappa shape index (κ3) is 9.55. The van der Waals surface area contributed by atoms with Gasteiger partial charge in [0.15, 0.2) is 20.9 Å². The Labute approximate surface area is 256 Å². The molecule has 1 aromatic carbocycles. The van der Waals surface area contributed by atoms with Gasteiger partial charge in [-0.05, 0) is 100 Å². The summed E-state index contributed by atoms with van der Waals surface area (Å²) in [5.74, 6) is 4.20. The minimum Gasteiger partial charge on any atom is -0.494 e. The van der Waals surface area contributed by atoms with Crippen LogP contribution in [0.3, 0.4) is 0 Å². The van der Waals surface area contributed by atoms with Gasteiger partial charge < -0.3 is 28.1 Å². The molecule has 42 heavy (non-hydrogen) atoms. The Hall–Kier alpha value is -1.40. The number of ether oxygens (including phenoxy) is 5. The maximum absolute atomic E-state index is 7.18. The molecule has 7 heteroatoms. The standard InChI is InChI=1S/C35H56O6Si/c1-7-8-19-28-30(41-42(5,6)35(2,3)4)26-31(40-33-22-13-15-24-38-33)34(28)29(39-32-21-12-14-23-37-32)20-16-25-36-27-17-10-9-11-18-27/h1,9-11,17-18,28-34H,8,12-16,19-26H2,2-6H3/t28-,29?,30-,31+,32?,33?,34-/m1/s1. The van der Waals surface area contributed by atoms with E-state index in [4.69, 9.17) is 34.5 Å². The molecule has 2 heterocycles. The number of terminal acetylenes is 1. The highest BCUT2D eigenvalue weighted by Gasteiger charge is 2.52. The van der Waals surface area contributed by atoms with Crippen molar-refractivity contribution in [1.82, 2.24) is 0 Å². The van der Waals surface area contributed by atoms with Crippen molar-refractivity contribution in [3.8, 4) is 18.1 Å². The predicted octanol–water partition coefficient (Wildman–Crippen LogP) is 8.11. The van der Waals surface area contributed by atoms with Crippen molar-refractivity contribution in [3.05, 3.63) is 30.3 Å². The minimum absolute atomic E-state index is 0.0192. The van der Waals surface area contributed by atoms with E-state index in [9.17, 15) is 0 Å². The summed E-state index contributed by atoms with van der Waals surface area (Å²) in [5, 5.41) is 0.116. The predicted molar refractivity (Wildman–Crippen MR) is 170 cm³/mol. The second-order valence-corrected chi connectivity index (χ2v) is 18.6. The van der Waals surface area contributed by atoms with Gasteiger partial charge in [0.25, 0.3) is 0 Å². The van der Waals surface area contributed by atoms with Crippen molar-refractivity contribution in [1.29, 1.82) is 0 Å². The molecule has 2 saturated heterocycles. The van der Waals surface area contributed by atoms with E-state index in [0.29, 0.717) is 6.61 Å². The quantitative estimate of drug-likeness (QED) is 0.122. The lowest BCUT2D eigenvalue weighted by Crippen LogP contribution is -2.46. The summed E-state index contributed by atoms with van der Waals surface area (Å²) in [6, 6.07) is 10.0. The first-order valence-electron chi connectivity index (χ1n) is 16.5.